The number of rotatable bonds is 6. The van der Waals surface area contributed by atoms with Crippen molar-refractivity contribution in [1.82, 2.24) is 5.32 Å². The standard InChI is InChI=1S/C15H19N3O3S.ClH/c1-3-15(16,4-2)9-17-14(19)13-8-10-7-11(18(20)21)5-6-12(10)22-13;/h5-8H,3-4,9,16H2,1-2H3,(H,17,19);1H. The molecule has 0 unspecified atom stereocenters. The molecule has 1 heterocycles. The van der Waals surface area contributed by atoms with E-state index in [9.17, 15) is 14.9 Å². The second-order valence-electron chi connectivity index (χ2n) is 5.34. The zero-order chi connectivity index (χ0) is 16.3. The van der Waals surface area contributed by atoms with E-state index in [0.717, 1.165) is 17.5 Å². The molecular weight excluding hydrogens is 338 g/mol. The van der Waals surface area contributed by atoms with E-state index in [1.54, 1.807) is 12.1 Å². The number of benzene rings is 1. The van der Waals surface area contributed by atoms with Gasteiger partial charge in [-0.25, -0.2) is 0 Å². The highest BCUT2D eigenvalue weighted by atomic mass is 35.5. The third-order valence-corrected chi connectivity index (χ3v) is 5.06. The van der Waals surface area contributed by atoms with Gasteiger partial charge in [0.25, 0.3) is 11.6 Å². The summed E-state index contributed by atoms with van der Waals surface area (Å²) in [6, 6.07) is 6.27. The minimum Gasteiger partial charge on any atom is -0.349 e. The van der Waals surface area contributed by atoms with Crippen molar-refractivity contribution in [3.8, 4) is 0 Å². The molecule has 1 aromatic heterocycles. The van der Waals surface area contributed by atoms with E-state index < -0.39 is 10.5 Å². The summed E-state index contributed by atoms with van der Waals surface area (Å²) in [5, 5.41) is 14.3. The molecule has 3 N–H and O–H groups in total. The number of nitrogens with one attached hydrogen (secondary N) is 1. The van der Waals surface area contributed by atoms with E-state index in [4.69, 9.17) is 5.73 Å². The van der Waals surface area contributed by atoms with E-state index in [1.165, 1.54) is 23.5 Å². The molecule has 0 fully saturated rings. The fourth-order valence-electron chi connectivity index (χ4n) is 2.10. The Kier molecular flexibility index (Phi) is 6.49. The highest BCUT2D eigenvalue weighted by Crippen LogP contribution is 2.29. The van der Waals surface area contributed by atoms with Gasteiger partial charge in [-0.1, -0.05) is 13.8 Å². The van der Waals surface area contributed by atoms with Crippen LogP contribution in [0.3, 0.4) is 0 Å². The van der Waals surface area contributed by atoms with Crippen molar-refractivity contribution in [3.63, 3.8) is 0 Å². The molecule has 126 valence electrons. The molecule has 0 spiro atoms. The van der Waals surface area contributed by atoms with E-state index >= 15 is 0 Å². The lowest BCUT2D eigenvalue weighted by Gasteiger charge is -2.26. The smallest absolute Gasteiger partial charge is 0.270 e. The molecule has 0 bridgehead atoms. The molecule has 0 saturated heterocycles. The molecular formula is C15H20ClN3O3S. The van der Waals surface area contributed by atoms with E-state index in [-0.39, 0.29) is 24.0 Å². The molecule has 0 atom stereocenters. The lowest BCUT2D eigenvalue weighted by molar-refractivity contribution is -0.384. The van der Waals surface area contributed by atoms with Crippen molar-refractivity contribution in [1.29, 1.82) is 0 Å². The van der Waals surface area contributed by atoms with E-state index in [2.05, 4.69) is 5.32 Å². The van der Waals surface area contributed by atoms with Crippen LogP contribution in [0.15, 0.2) is 24.3 Å². The first-order valence-corrected chi connectivity index (χ1v) is 7.95. The van der Waals surface area contributed by atoms with Crippen molar-refractivity contribution in [3.05, 3.63) is 39.3 Å². The number of nitro groups is 1. The normalized spacial score (nSPS) is 11.1. The van der Waals surface area contributed by atoms with Crippen LogP contribution in [0.25, 0.3) is 10.1 Å². The third kappa shape index (κ3) is 4.40. The highest BCUT2D eigenvalue weighted by Gasteiger charge is 2.22. The van der Waals surface area contributed by atoms with Crippen molar-refractivity contribution < 1.29 is 9.72 Å². The van der Waals surface area contributed by atoms with E-state index in [1.807, 2.05) is 13.8 Å². The Hall–Kier alpha value is -1.70. The first-order chi connectivity index (χ1) is 10.4. The lowest BCUT2D eigenvalue weighted by Crippen LogP contribution is -2.49. The Morgan fingerprint density at radius 3 is 2.57 bits per heavy atom. The number of thiophene rings is 1. The van der Waals surface area contributed by atoms with Crippen LogP contribution in [0, 0.1) is 10.1 Å². The quantitative estimate of drug-likeness (QED) is 0.610. The third-order valence-electron chi connectivity index (χ3n) is 3.94. The van der Waals surface area contributed by atoms with Gasteiger partial charge in [0.05, 0.1) is 9.80 Å². The van der Waals surface area contributed by atoms with Crippen LogP contribution in [0.2, 0.25) is 0 Å². The summed E-state index contributed by atoms with van der Waals surface area (Å²) >= 11 is 1.32. The number of hydrogen-bond acceptors (Lipinski definition) is 5. The van der Waals surface area contributed by atoms with Gasteiger partial charge in [0.2, 0.25) is 0 Å². The van der Waals surface area contributed by atoms with Crippen molar-refractivity contribution in [2.45, 2.75) is 32.2 Å². The van der Waals surface area contributed by atoms with Gasteiger partial charge in [0.15, 0.2) is 0 Å². The van der Waals surface area contributed by atoms with Crippen LogP contribution < -0.4 is 11.1 Å². The van der Waals surface area contributed by atoms with Crippen LogP contribution in [0.1, 0.15) is 36.4 Å². The van der Waals surface area contributed by atoms with Gasteiger partial charge in [0.1, 0.15) is 0 Å². The van der Waals surface area contributed by atoms with Gasteiger partial charge >= 0.3 is 0 Å². The number of fused-ring (bicyclic) bond motifs is 1. The van der Waals surface area contributed by atoms with Crippen LogP contribution in [-0.2, 0) is 0 Å². The van der Waals surface area contributed by atoms with Crippen LogP contribution in [0.5, 0.6) is 0 Å². The molecule has 0 aliphatic carbocycles. The number of nitro benzene ring substituents is 1. The maximum absolute atomic E-state index is 12.2. The zero-order valence-electron chi connectivity index (χ0n) is 13.0. The number of nitrogens with zero attached hydrogens (tertiary/aromatic N) is 1. The molecule has 2 rings (SSSR count). The molecule has 0 aliphatic heterocycles. The number of carbonyl (C=O) groups is 1. The Morgan fingerprint density at radius 1 is 1.35 bits per heavy atom. The predicted octanol–water partition coefficient (Wildman–Crippen LogP) is 3.48. The van der Waals surface area contributed by atoms with Gasteiger partial charge in [0, 0.05) is 34.3 Å². The summed E-state index contributed by atoms with van der Waals surface area (Å²) in [5.74, 6) is -0.194. The Bertz CT molecular complexity index is 713. The summed E-state index contributed by atoms with van der Waals surface area (Å²) in [4.78, 5) is 23.1. The summed E-state index contributed by atoms with van der Waals surface area (Å²) in [5.41, 5.74) is 5.79. The summed E-state index contributed by atoms with van der Waals surface area (Å²) in [6.07, 6.45) is 1.56. The van der Waals surface area contributed by atoms with Crippen molar-refractivity contribution in [2.24, 2.45) is 5.73 Å². The minimum atomic E-state index is -0.442. The first kappa shape index (κ1) is 19.3. The molecule has 0 saturated carbocycles. The molecule has 2 aromatic rings. The van der Waals surface area contributed by atoms with Gasteiger partial charge in [-0.2, -0.15) is 0 Å². The van der Waals surface area contributed by atoms with E-state index in [0.29, 0.717) is 16.8 Å². The first-order valence-electron chi connectivity index (χ1n) is 7.13. The molecule has 0 radical (unpaired) electrons. The molecule has 0 aliphatic rings. The molecule has 23 heavy (non-hydrogen) atoms. The summed E-state index contributed by atoms with van der Waals surface area (Å²) in [7, 11) is 0. The Labute approximate surface area is 144 Å². The lowest BCUT2D eigenvalue weighted by atomic mass is 9.94. The highest BCUT2D eigenvalue weighted by molar-refractivity contribution is 7.20. The second kappa shape index (κ2) is 7.72. The average Bonchev–Trinajstić information content (AvgIpc) is 2.95. The van der Waals surface area contributed by atoms with Crippen LogP contribution >= 0.6 is 23.7 Å². The fourth-order valence-corrected chi connectivity index (χ4v) is 3.06. The molecule has 8 heteroatoms. The fraction of sp³-hybridized carbons (Fsp3) is 0.400. The zero-order valence-corrected chi connectivity index (χ0v) is 14.6. The average molecular weight is 358 g/mol. The minimum absolute atomic E-state index is 0. The van der Waals surface area contributed by atoms with Crippen LogP contribution in [-0.4, -0.2) is 22.9 Å². The Morgan fingerprint density at radius 2 is 2.00 bits per heavy atom. The maximum atomic E-state index is 12.2. The number of carbonyl (C=O) groups excluding carboxylic acids is 1. The topological polar surface area (TPSA) is 98.3 Å². The van der Waals surface area contributed by atoms with Gasteiger partial charge in [-0.15, -0.1) is 23.7 Å². The SMILES string of the molecule is CCC(N)(CC)CNC(=O)c1cc2cc([N+](=O)[O-])ccc2s1.Cl. The van der Waals surface area contributed by atoms with Gasteiger partial charge in [-0.3, -0.25) is 14.9 Å². The second-order valence-corrected chi connectivity index (χ2v) is 6.43. The van der Waals surface area contributed by atoms with Gasteiger partial charge < -0.3 is 11.1 Å². The monoisotopic (exact) mass is 357 g/mol. The van der Waals surface area contributed by atoms with Crippen molar-refractivity contribution >= 4 is 45.4 Å². The van der Waals surface area contributed by atoms with Crippen LogP contribution in [0.4, 0.5) is 5.69 Å². The number of amides is 1. The van der Waals surface area contributed by atoms with Gasteiger partial charge in [-0.05, 0) is 25.0 Å². The molecule has 6 nitrogen and oxygen atoms in total. The number of hydrogen-bond donors (Lipinski definition) is 2. The van der Waals surface area contributed by atoms with Crippen molar-refractivity contribution in [2.75, 3.05) is 6.54 Å². The largest absolute Gasteiger partial charge is 0.349 e. The summed E-state index contributed by atoms with van der Waals surface area (Å²) < 4.78 is 0.848. The summed E-state index contributed by atoms with van der Waals surface area (Å²) in [6.45, 7) is 4.40. The number of halogens is 1. The Balaban J connectivity index is 0.00000264. The number of nitrogens with two attached hydrogens (primary N) is 1. The molecule has 1 aromatic carbocycles. The maximum Gasteiger partial charge on any atom is 0.270 e. The number of non-ortho nitro benzene ring substituents is 1. The predicted molar refractivity (Wildman–Crippen MR) is 95.6 cm³/mol. The molecule has 1 amide bonds.